The van der Waals surface area contributed by atoms with Gasteiger partial charge in [-0.1, -0.05) is 0 Å². The second kappa shape index (κ2) is 18.1. The molecule has 0 aliphatic heterocycles. The van der Waals surface area contributed by atoms with Gasteiger partial charge in [-0.2, -0.15) is 0 Å². The Hall–Kier alpha value is 2.40. The van der Waals surface area contributed by atoms with E-state index in [1.54, 1.807) is 0 Å². The molecule has 0 amide bonds. The molecule has 0 aromatic rings. The third-order valence-corrected chi connectivity index (χ3v) is 0. The second-order valence-electron chi connectivity index (χ2n) is 0. The summed E-state index contributed by atoms with van der Waals surface area (Å²) in [5.74, 6) is 0. The summed E-state index contributed by atoms with van der Waals surface area (Å²) in [5.41, 5.74) is 0. The molecule has 0 aromatic heterocycles. The molecule has 0 unspecified atom stereocenters. The Morgan fingerprint density at radius 3 is 0.750 bits per heavy atom. The Morgan fingerprint density at radius 2 is 0.750 bits per heavy atom. The van der Waals surface area contributed by atoms with Crippen LogP contribution in [0, 0.1) is 74.2 Å². The topological polar surface area (TPSA) is 57.0 Å². The Morgan fingerprint density at radius 1 is 0.750 bits per heavy atom. The molecule has 0 bridgehead atoms. The molecule has 0 fully saturated rings. The van der Waals surface area contributed by atoms with Crippen molar-refractivity contribution < 1.29 is 85.1 Å². The fourth-order valence-corrected chi connectivity index (χ4v) is 0. The quantitative estimate of drug-likeness (QED) is 0.562. The SMILES string of the molecule is [Er+3].[Lu+3].[O-2].[O-2]. The molecule has 0 spiro atoms. The number of hydrogen-bond donors (Lipinski definition) is 0. The van der Waals surface area contributed by atoms with Crippen molar-refractivity contribution in [1.82, 2.24) is 0 Å². The average Bonchev–Trinajstić information content (AvgIpc) is 0. The van der Waals surface area contributed by atoms with E-state index in [9.17, 15) is 0 Å². The van der Waals surface area contributed by atoms with Gasteiger partial charge in [0.25, 0.3) is 0 Å². The van der Waals surface area contributed by atoms with Crippen LogP contribution in [0.2, 0.25) is 0 Å². The van der Waals surface area contributed by atoms with Gasteiger partial charge in [-0.3, -0.25) is 0 Å². The summed E-state index contributed by atoms with van der Waals surface area (Å²) in [6.45, 7) is 0. The first-order chi connectivity index (χ1) is 0. The molecule has 1 radical (unpaired) electrons. The van der Waals surface area contributed by atoms with Gasteiger partial charge < -0.3 is 11.0 Å². The van der Waals surface area contributed by atoms with Crippen molar-refractivity contribution in [3.8, 4) is 0 Å². The smallest absolute Gasteiger partial charge is 2.00 e. The molecular formula is ErLuO2+2. The Labute approximate surface area is 83.3 Å². The minimum absolute atomic E-state index is 0. The Kier molecular flexibility index (Phi) is 147. The van der Waals surface area contributed by atoms with Crippen molar-refractivity contribution in [1.29, 1.82) is 0 Å². The molecule has 37 valence electrons. The summed E-state index contributed by atoms with van der Waals surface area (Å²) in [6.07, 6.45) is 0. The summed E-state index contributed by atoms with van der Waals surface area (Å²) in [6, 6.07) is 0. The van der Waals surface area contributed by atoms with Crippen molar-refractivity contribution in [2.45, 2.75) is 0 Å². The Balaban J connectivity index is 0. The second-order valence-corrected chi connectivity index (χ2v) is 0. The molecule has 0 rings (SSSR count). The standard InChI is InChI=1S/Er.Lu.2O/q2*+3;2*-2. The maximum Gasteiger partial charge on any atom is 3.00 e. The van der Waals surface area contributed by atoms with Gasteiger partial charge >= 0.3 is 74.2 Å². The van der Waals surface area contributed by atoms with Crippen LogP contribution in [0.25, 0.3) is 0 Å². The van der Waals surface area contributed by atoms with Gasteiger partial charge in [0.2, 0.25) is 0 Å². The molecule has 0 saturated heterocycles. The maximum absolute atomic E-state index is 0. The molecule has 0 atom stereocenters. The van der Waals surface area contributed by atoms with Gasteiger partial charge in [0, 0.05) is 0 Å². The van der Waals surface area contributed by atoms with E-state index in [2.05, 4.69) is 0 Å². The minimum atomic E-state index is 0. The predicted molar refractivity (Wildman–Crippen MR) is 1.37 cm³/mol. The summed E-state index contributed by atoms with van der Waals surface area (Å²) in [5, 5.41) is 0. The van der Waals surface area contributed by atoms with Gasteiger partial charge in [0.15, 0.2) is 0 Å². The van der Waals surface area contributed by atoms with E-state index in [0.29, 0.717) is 0 Å². The molecule has 0 saturated carbocycles. The molecule has 0 N–H and O–H groups in total. The molecule has 0 aliphatic rings. The zero-order valence-corrected chi connectivity index (χ0v) is 4.87. The summed E-state index contributed by atoms with van der Waals surface area (Å²) >= 11 is 0. The third kappa shape index (κ3) is 8.83. The van der Waals surface area contributed by atoms with Crippen LogP contribution in [0.3, 0.4) is 0 Å². The first kappa shape index (κ1) is 32.4. The van der Waals surface area contributed by atoms with Gasteiger partial charge in [-0.15, -0.1) is 0 Å². The van der Waals surface area contributed by atoms with E-state index in [4.69, 9.17) is 0 Å². The molecule has 0 heterocycles. The zero-order chi connectivity index (χ0) is 0. The van der Waals surface area contributed by atoms with Crippen LogP contribution in [-0.2, 0) is 11.0 Å². The fourth-order valence-electron chi connectivity index (χ4n) is 0. The van der Waals surface area contributed by atoms with Crippen molar-refractivity contribution in [2.24, 2.45) is 0 Å². The van der Waals surface area contributed by atoms with Gasteiger partial charge in [-0.25, -0.2) is 0 Å². The number of hydrogen-bond acceptors (Lipinski definition) is 0. The Bertz CT molecular complexity index is 6.00. The van der Waals surface area contributed by atoms with Crippen molar-refractivity contribution in [3.63, 3.8) is 0 Å². The van der Waals surface area contributed by atoms with Crippen molar-refractivity contribution in [2.75, 3.05) is 0 Å². The largest absolute Gasteiger partial charge is 3.00 e. The van der Waals surface area contributed by atoms with E-state index in [1.807, 2.05) is 0 Å². The van der Waals surface area contributed by atoms with Crippen LogP contribution >= 0.6 is 0 Å². The molecule has 0 aromatic carbocycles. The van der Waals surface area contributed by atoms with Gasteiger partial charge in [-0.05, 0) is 0 Å². The first-order valence-corrected chi connectivity index (χ1v) is 0. The van der Waals surface area contributed by atoms with Crippen LogP contribution in [0.15, 0.2) is 0 Å². The molecule has 0 aliphatic carbocycles. The van der Waals surface area contributed by atoms with Crippen LogP contribution < -0.4 is 0 Å². The van der Waals surface area contributed by atoms with Crippen molar-refractivity contribution >= 4 is 0 Å². The molecule has 4 heavy (non-hydrogen) atoms. The normalized spacial score (nSPS) is 0. The van der Waals surface area contributed by atoms with Crippen LogP contribution in [0.5, 0.6) is 0 Å². The van der Waals surface area contributed by atoms with E-state index >= 15 is 0 Å². The van der Waals surface area contributed by atoms with Crippen LogP contribution in [0.1, 0.15) is 0 Å². The zero-order valence-electron chi connectivity index (χ0n) is 1.36. The van der Waals surface area contributed by atoms with Crippen molar-refractivity contribution in [3.05, 3.63) is 0 Å². The fraction of sp³-hybridized carbons (Fsp3) is 0. The van der Waals surface area contributed by atoms with Gasteiger partial charge in [0.1, 0.15) is 0 Å². The molecule has 4 heteroatoms. The minimum Gasteiger partial charge on any atom is -2.00 e. The maximum atomic E-state index is 0. The average molecular weight is 374 g/mol. The summed E-state index contributed by atoms with van der Waals surface area (Å²) < 4.78 is 0. The monoisotopic (exact) mass is 373 g/mol. The van der Waals surface area contributed by atoms with Crippen LogP contribution in [-0.4, -0.2) is 0 Å². The van der Waals surface area contributed by atoms with E-state index in [1.165, 1.54) is 0 Å². The first-order valence-electron chi connectivity index (χ1n) is 0. The molecule has 2 nitrogen and oxygen atoms in total. The summed E-state index contributed by atoms with van der Waals surface area (Å²) in [7, 11) is 0. The van der Waals surface area contributed by atoms with E-state index < -0.39 is 0 Å². The molecular weight excluding hydrogens is 374 g/mol. The van der Waals surface area contributed by atoms with Gasteiger partial charge in [0.05, 0.1) is 0 Å². The summed E-state index contributed by atoms with van der Waals surface area (Å²) in [4.78, 5) is 0. The van der Waals surface area contributed by atoms with Crippen LogP contribution in [0.4, 0.5) is 0 Å². The van der Waals surface area contributed by atoms with E-state index in [0.717, 1.165) is 0 Å². The van der Waals surface area contributed by atoms with E-state index in [-0.39, 0.29) is 85.1 Å². The number of rotatable bonds is 0. The predicted octanol–water partition coefficient (Wildman–Crippen LogP) is -0.238. The third-order valence-electron chi connectivity index (χ3n) is 0.